The molecule has 0 unspecified atom stereocenters. The Labute approximate surface area is 106 Å². The lowest BCUT2D eigenvalue weighted by atomic mass is 9.81. The molecular weight excluding hydrogens is 212 g/mol. The highest BCUT2D eigenvalue weighted by Crippen LogP contribution is 2.30. The van der Waals surface area contributed by atoms with Gasteiger partial charge in [-0.05, 0) is 51.1 Å². The highest BCUT2D eigenvalue weighted by atomic mass is 16.3. The summed E-state index contributed by atoms with van der Waals surface area (Å²) in [7, 11) is 2.21. The second-order valence-electron chi connectivity index (χ2n) is 6.95. The maximum Gasteiger partial charge on any atom is 0.0770 e. The first-order valence-electron chi connectivity index (χ1n) is 6.88. The number of aliphatic hydroxyl groups is 1. The summed E-state index contributed by atoms with van der Waals surface area (Å²) in [5.41, 5.74) is 5.43. The van der Waals surface area contributed by atoms with Crippen LogP contribution in [0.5, 0.6) is 0 Å². The zero-order valence-corrected chi connectivity index (χ0v) is 12.0. The van der Waals surface area contributed by atoms with E-state index in [1.54, 1.807) is 0 Å². The van der Waals surface area contributed by atoms with Crippen molar-refractivity contribution in [3.8, 4) is 0 Å². The molecule has 0 aromatic heterocycles. The molecule has 0 bridgehead atoms. The van der Waals surface area contributed by atoms with Crippen LogP contribution >= 0.6 is 0 Å². The van der Waals surface area contributed by atoms with Crippen LogP contribution in [0.2, 0.25) is 0 Å². The van der Waals surface area contributed by atoms with E-state index >= 15 is 0 Å². The Hall–Kier alpha value is -0.120. The zero-order chi connectivity index (χ0) is 13.1. The van der Waals surface area contributed by atoms with E-state index in [0.29, 0.717) is 18.0 Å². The van der Waals surface area contributed by atoms with Crippen molar-refractivity contribution in [3.63, 3.8) is 0 Å². The molecule has 1 aliphatic carbocycles. The molecule has 0 atom stereocenters. The van der Waals surface area contributed by atoms with Crippen LogP contribution in [0, 0.1) is 5.41 Å². The quantitative estimate of drug-likeness (QED) is 0.792. The predicted octanol–water partition coefficient (Wildman–Crippen LogP) is 1.99. The van der Waals surface area contributed by atoms with E-state index in [4.69, 9.17) is 5.73 Å². The lowest BCUT2D eigenvalue weighted by Crippen LogP contribution is -2.46. The molecule has 0 spiro atoms. The van der Waals surface area contributed by atoms with E-state index in [1.165, 1.54) is 6.42 Å². The van der Waals surface area contributed by atoms with Gasteiger partial charge in [-0.25, -0.2) is 0 Å². The number of rotatable bonds is 4. The first kappa shape index (κ1) is 14.9. The van der Waals surface area contributed by atoms with E-state index in [0.717, 1.165) is 32.2 Å². The van der Waals surface area contributed by atoms with Gasteiger partial charge in [0.1, 0.15) is 0 Å². The summed E-state index contributed by atoms with van der Waals surface area (Å²) in [4.78, 5) is 2.46. The Bertz CT molecular complexity index is 227. The minimum atomic E-state index is -0.582. The molecule has 0 aliphatic heterocycles. The summed E-state index contributed by atoms with van der Waals surface area (Å²) in [6.07, 6.45) is 5.09. The maximum absolute atomic E-state index is 10.1. The molecule has 0 amide bonds. The lowest BCUT2D eigenvalue weighted by Gasteiger charge is -2.39. The van der Waals surface area contributed by atoms with Gasteiger partial charge in [0.2, 0.25) is 0 Å². The van der Waals surface area contributed by atoms with Crippen LogP contribution in [0.1, 0.15) is 52.9 Å². The van der Waals surface area contributed by atoms with Crippen LogP contribution in [0.25, 0.3) is 0 Å². The monoisotopic (exact) mass is 242 g/mol. The molecule has 17 heavy (non-hydrogen) atoms. The molecule has 1 fully saturated rings. The lowest BCUT2D eigenvalue weighted by molar-refractivity contribution is -0.0104. The van der Waals surface area contributed by atoms with Gasteiger partial charge in [-0.15, -0.1) is 0 Å². The smallest absolute Gasteiger partial charge is 0.0770 e. The normalized spacial score (nSPS) is 30.9. The molecule has 3 N–H and O–H groups in total. The molecule has 3 nitrogen and oxygen atoms in total. The zero-order valence-electron chi connectivity index (χ0n) is 12.0. The summed E-state index contributed by atoms with van der Waals surface area (Å²) in [6.45, 7) is 8.42. The van der Waals surface area contributed by atoms with Crippen molar-refractivity contribution < 1.29 is 5.11 Å². The van der Waals surface area contributed by atoms with Gasteiger partial charge in [-0.1, -0.05) is 20.8 Å². The van der Waals surface area contributed by atoms with Crippen molar-refractivity contribution >= 4 is 0 Å². The largest absolute Gasteiger partial charge is 0.389 e. The summed E-state index contributed by atoms with van der Waals surface area (Å²) >= 11 is 0. The second-order valence-corrected chi connectivity index (χ2v) is 6.95. The maximum atomic E-state index is 10.1. The van der Waals surface area contributed by atoms with Gasteiger partial charge in [0, 0.05) is 12.6 Å². The number of nitrogens with two attached hydrogens (primary N) is 1. The molecule has 0 aromatic carbocycles. The van der Waals surface area contributed by atoms with Gasteiger partial charge in [0.15, 0.2) is 0 Å². The Morgan fingerprint density at radius 2 is 1.82 bits per heavy atom. The fraction of sp³-hybridized carbons (Fsp3) is 1.00. The third-order valence-corrected chi connectivity index (χ3v) is 4.10. The van der Waals surface area contributed by atoms with E-state index in [1.807, 2.05) is 0 Å². The predicted molar refractivity (Wildman–Crippen MR) is 73.0 cm³/mol. The van der Waals surface area contributed by atoms with Crippen molar-refractivity contribution in [2.45, 2.75) is 64.5 Å². The molecule has 0 heterocycles. The number of hydrogen-bond acceptors (Lipinski definition) is 3. The average molecular weight is 242 g/mol. The summed E-state index contributed by atoms with van der Waals surface area (Å²) in [5, 5.41) is 10.1. The van der Waals surface area contributed by atoms with Crippen molar-refractivity contribution in [1.29, 1.82) is 0 Å². The molecular formula is C14H30N2O. The number of hydrogen-bond donors (Lipinski definition) is 2. The Kier molecular flexibility index (Phi) is 4.99. The second kappa shape index (κ2) is 5.68. The van der Waals surface area contributed by atoms with Gasteiger partial charge >= 0.3 is 0 Å². The van der Waals surface area contributed by atoms with E-state index in [9.17, 15) is 5.11 Å². The Morgan fingerprint density at radius 3 is 2.24 bits per heavy atom. The summed E-state index contributed by atoms with van der Waals surface area (Å²) in [6, 6.07) is 0.629. The van der Waals surface area contributed by atoms with Gasteiger partial charge in [-0.3, -0.25) is 0 Å². The van der Waals surface area contributed by atoms with Crippen molar-refractivity contribution in [1.82, 2.24) is 4.90 Å². The minimum absolute atomic E-state index is 0.404. The van der Waals surface area contributed by atoms with E-state index in [2.05, 4.69) is 32.7 Å². The van der Waals surface area contributed by atoms with E-state index in [-0.39, 0.29) is 0 Å². The van der Waals surface area contributed by atoms with Gasteiger partial charge in [0.05, 0.1) is 5.60 Å². The summed E-state index contributed by atoms with van der Waals surface area (Å²) in [5.74, 6) is 0. The SMILES string of the molecule is CN(CCC(C)(C)C)C1CCC(O)(CN)CC1. The van der Waals surface area contributed by atoms with Crippen LogP contribution in [0.15, 0.2) is 0 Å². The molecule has 0 radical (unpaired) electrons. The molecule has 102 valence electrons. The van der Waals surface area contributed by atoms with Crippen molar-refractivity contribution in [2.75, 3.05) is 20.1 Å². The fourth-order valence-corrected chi connectivity index (χ4v) is 2.48. The van der Waals surface area contributed by atoms with Crippen LogP contribution in [-0.4, -0.2) is 41.8 Å². The molecule has 1 aliphatic rings. The van der Waals surface area contributed by atoms with Crippen LogP contribution < -0.4 is 5.73 Å². The third kappa shape index (κ3) is 4.94. The third-order valence-electron chi connectivity index (χ3n) is 4.10. The van der Waals surface area contributed by atoms with Crippen LogP contribution in [-0.2, 0) is 0 Å². The van der Waals surface area contributed by atoms with Crippen molar-refractivity contribution in [2.24, 2.45) is 11.1 Å². The summed E-state index contributed by atoms with van der Waals surface area (Å²) < 4.78 is 0. The highest BCUT2D eigenvalue weighted by Gasteiger charge is 2.33. The Morgan fingerprint density at radius 1 is 1.29 bits per heavy atom. The minimum Gasteiger partial charge on any atom is -0.389 e. The molecule has 3 heteroatoms. The first-order chi connectivity index (χ1) is 7.76. The standard InChI is InChI=1S/C14H30N2O/c1-13(2,3)9-10-16(4)12-5-7-14(17,11-15)8-6-12/h12,17H,5-11,15H2,1-4H3. The molecule has 0 saturated heterocycles. The van der Waals surface area contributed by atoms with E-state index < -0.39 is 5.60 Å². The van der Waals surface area contributed by atoms with Gasteiger partial charge in [0.25, 0.3) is 0 Å². The topological polar surface area (TPSA) is 49.5 Å². The fourth-order valence-electron chi connectivity index (χ4n) is 2.48. The Balaban J connectivity index is 2.33. The average Bonchev–Trinajstić information content (AvgIpc) is 2.26. The molecule has 1 saturated carbocycles. The first-order valence-corrected chi connectivity index (χ1v) is 6.88. The van der Waals surface area contributed by atoms with Crippen LogP contribution in [0.4, 0.5) is 0 Å². The highest BCUT2D eigenvalue weighted by molar-refractivity contribution is 4.89. The molecule has 0 aromatic rings. The van der Waals surface area contributed by atoms with Gasteiger partial charge < -0.3 is 15.7 Å². The van der Waals surface area contributed by atoms with Gasteiger partial charge in [-0.2, -0.15) is 0 Å². The van der Waals surface area contributed by atoms with Crippen molar-refractivity contribution in [3.05, 3.63) is 0 Å². The molecule has 1 rings (SSSR count). The van der Waals surface area contributed by atoms with Crippen LogP contribution in [0.3, 0.4) is 0 Å². The number of nitrogens with zero attached hydrogens (tertiary/aromatic N) is 1.